The second kappa shape index (κ2) is 5.76. The van der Waals surface area contributed by atoms with Gasteiger partial charge in [-0.3, -0.25) is 4.68 Å². The maximum atomic E-state index is 11.8. The lowest BCUT2D eigenvalue weighted by Crippen LogP contribution is -2.37. The van der Waals surface area contributed by atoms with Crippen LogP contribution in [0.3, 0.4) is 0 Å². The van der Waals surface area contributed by atoms with Crippen molar-refractivity contribution in [2.24, 2.45) is 4.40 Å². The van der Waals surface area contributed by atoms with E-state index in [1.807, 2.05) is 64.5 Å². The molecule has 0 unspecified atom stereocenters. The summed E-state index contributed by atoms with van der Waals surface area (Å²) in [5, 5.41) is 4.39. The molecule has 7 heteroatoms. The summed E-state index contributed by atoms with van der Waals surface area (Å²) in [7, 11) is -3.39. The molecule has 0 aliphatic carbocycles. The molecule has 2 aromatic rings. The Morgan fingerprint density at radius 1 is 1.17 bits per heavy atom. The van der Waals surface area contributed by atoms with Gasteiger partial charge in [0.15, 0.2) is 5.84 Å². The minimum Gasteiger partial charge on any atom is -0.331 e. The first kappa shape index (κ1) is 14.9. The van der Waals surface area contributed by atoms with Crippen LogP contribution in [-0.2, 0) is 16.6 Å². The summed E-state index contributed by atoms with van der Waals surface area (Å²) in [6.07, 6.45) is 9.29. The molecule has 122 valence electrons. The Morgan fingerprint density at radius 3 is 2.83 bits per heavy atom. The fourth-order valence-corrected chi connectivity index (χ4v) is 3.79. The Labute approximate surface area is 140 Å². The molecule has 24 heavy (non-hydrogen) atoms. The summed E-state index contributed by atoms with van der Waals surface area (Å²) in [6.45, 7) is 1.09. The predicted octanol–water partition coefficient (Wildman–Crippen LogP) is 1.89. The first-order chi connectivity index (χ1) is 11.6. The van der Waals surface area contributed by atoms with Crippen LogP contribution in [0.25, 0.3) is 5.57 Å². The van der Waals surface area contributed by atoms with Crippen molar-refractivity contribution < 1.29 is 8.42 Å². The summed E-state index contributed by atoms with van der Waals surface area (Å²) in [6, 6.07) is 10.1. The number of aromatic nitrogens is 2. The molecule has 0 fully saturated rings. The first-order valence-corrected chi connectivity index (χ1v) is 9.26. The molecule has 2 aliphatic heterocycles. The number of hydrogen-bond acceptors (Lipinski definition) is 4. The summed E-state index contributed by atoms with van der Waals surface area (Å²) < 4.78 is 29.5. The largest absolute Gasteiger partial charge is 0.331 e. The van der Waals surface area contributed by atoms with Crippen LogP contribution >= 0.6 is 0 Å². The average Bonchev–Trinajstić information content (AvgIpc) is 3.03. The van der Waals surface area contributed by atoms with Gasteiger partial charge < -0.3 is 4.90 Å². The van der Waals surface area contributed by atoms with Crippen molar-refractivity contribution in [3.8, 4) is 0 Å². The Balaban J connectivity index is 1.65. The molecule has 0 N–H and O–H groups in total. The van der Waals surface area contributed by atoms with Gasteiger partial charge in [-0.1, -0.05) is 30.3 Å². The van der Waals surface area contributed by atoms with Crippen molar-refractivity contribution in [3.63, 3.8) is 0 Å². The SMILES string of the molecule is O=S1(=O)CCN2C=CC=C(c3cnn(Cc4ccccc4)c3)C2=N1. The molecule has 0 bridgehead atoms. The highest BCUT2D eigenvalue weighted by Gasteiger charge is 2.27. The zero-order chi connectivity index (χ0) is 16.6. The molecule has 0 saturated carbocycles. The van der Waals surface area contributed by atoms with E-state index in [1.54, 1.807) is 6.20 Å². The third kappa shape index (κ3) is 2.90. The number of rotatable bonds is 3. The number of sulfonamides is 1. The van der Waals surface area contributed by atoms with E-state index in [1.165, 1.54) is 0 Å². The lowest BCUT2D eigenvalue weighted by atomic mass is 10.1. The van der Waals surface area contributed by atoms with E-state index in [0.717, 1.165) is 16.7 Å². The van der Waals surface area contributed by atoms with Crippen LogP contribution in [0.1, 0.15) is 11.1 Å². The quantitative estimate of drug-likeness (QED) is 0.856. The molecule has 0 spiro atoms. The smallest absolute Gasteiger partial charge is 0.256 e. The topological polar surface area (TPSA) is 67.6 Å². The van der Waals surface area contributed by atoms with Crippen LogP contribution in [0, 0.1) is 0 Å². The van der Waals surface area contributed by atoms with Crippen molar-refractivity contribution in [2.45, 2.75) is 6.54 Å². The van der Waals surface area contributed by atoms with Crippen molar-refractivity contribution in [1.82, 2.24) is 14.7 Å². The molecule has 4 rings (SSSR count). The normalized spacial score (nSPS) is 18.8. The van der Waals surface area contributed by atoms with Crippen molar-refractivity contribution >= 4 is 21.4 Å². The highest BCUT2D eigenvalue weighted by molar-refractivity contribution is 7.90. The molecular formula is C17H16N4O2S. The highest BCUT2D eigenvalue weighted by Crippen LogP contribution is 2.25. The average molecular weight is 340 g/mol. The monoisotopic (exact) mass is 340 g/mol. The molecule has 6 nitrogen and oxygen atoms in total. The molecule has 3 heterocycles. The van der Waals surface area contributed by atoms with E-state index in [-0.39, 0.29) is 5.75 Å². The number of benzene rings is 1. The predicted molar refractivity (Wildman–Crippen MR) is 92.8 cm³/mol. The van der Waals surface area contributed by atoms with E-state index in [4.69, 9.17) is 0 Å². The van der Waals surface area contributed by atoms with Gasteiger partial charge in [-0.15, -0.1) is 4.40 Å². The van der Waals surface area contributed by atoms with Gasteiger partial charge in [0.25, 0.3) is 10.0 Å². The van der Waals surface area contributed by atoms with E-state index >= 15 is 0 Å². The molecule has 1 aromatic carbocycles. The van der Waals surface area contributed by atoms with Gasteiger partial charge in [-0.2, -0.15) is 5.10 Å². The van der Waals surface area contributed by atoms with Gasteiger partial charge in [0.2, 0.25) is 0 Å². The number of nitrogens with zero attached hydrogens (tertiary/aromatic N) is 4. The minimum atomic E-state index is -3.39. The van der Waals surface area contributed by atoms with E-state index in [2.05, 4.69) is 9.50 Å². The van der Waals surface area contributed by atoms with Gasteiger partial charge in [0.05, 0.1) is 18.5 Å². The Hall–Kier alpha value is -2.67. The zero-order valence-electron chi connectivity index (χ0n) is 12.9. The molecule has 0 radical (unpaired) electrons. The van der Waals surface area contributed by atoms with Gasteiger partial charge >= 0.3 is 0 Å². The van der Waals surface area contributed by atoms with E-state index in [0.29, 0.717) is 18.9 Å². The standard InChI is InChI=1S/C17H16N4O2S/c22-24(23)10-9-20-8-4-7-16(17(20)19-24)15-11-18-21(13-15)12-14-5-2-1-3-6-14/h1-8,11,13H,9-10,12H2. The van der Waals surface area contributed by atoms with Gasteiger partial charge in [-0.05, 0) is 17.7 Å². The molecule has 0 amide bonds. The number of fused-ring (bicyclic) bond motifs is 1. The van der Waals surface area contributed by atoms with Gasteiger partial charge in [0, 0.05) is 30.1 Å². The maximum Gasteiger partial charge on any atom is 0.256 e. The first-order valence-electron chi connectivity index (χ1n) is 7.66. The van der Waals surface area contributed by atoms with Crippen LogP contribution < -0.4 is 0 Å². The van der Waals surface area contributed by atoms with Crippen molar-refractivity contribution in [1.29, 1.82) is 0 Å². The fraction of sp³-hybridized carbons (Fsp3) is 0.176. The van der Waals surface area contributed by atoms with Crippen molar-refractivity contribution in [2.75, 3.05) is 12.3 Å². The number of allylic oxidation sites excluding steroid dienone is 2. The highest BCUT2D eigenvalue weighted by atomic mass is 32.2. The molecule has 2 aliphatic rings. The zero-order valence-corrected chi connectivity index (χ0v) is 13.7. The van der Waals surface area contributed by atoms with Crippen LogP contribution in [0.4, 0.5) is 0 Å². The summed E-state index contributed by atoms with van der Waals surface area (Å²) in [5.74, 6) is 0.518. The molecular weight excluding hydrogens is 324 g/mol. The Bertz CT molecular complexity index is 955. The van der Waals surface area contributed by atoms with Crippen LogP contribution in [0.5, 0.6) is 0 Å². The summed E-state index contributed by atoms with van der Waals surface area (Å²) >= 11 is 0. The van der Waals surface area contributed by atoms with Gasteiger partial charge in [0.1, 0.15) is 0 Å². The third-order valence-corrected chi connectivity index (χ3v) is 5.14. The summed E-state index contributed by atoms with van der Waals surface area (Å²) in [5.41, 5.74) is 2.79. The molecule has 1 aromatic heterocycles. The van der Waals surface area contributed by atoms with E-state index in [9.17, 15) is 8.42 Å². The fourth-order valence-electron chi connectivity index (χ4n) is 2.80. The van der Waals surface area contributed by atoms with Crippen LogP contribution in [0.15, 0.2) is 65.5 Å². The Morgan fingerprint density at radius 2 is 2.00 bits per heavy atom. The van der Waals surface area contributed by atoms with Gasteiger partial charge in [-0.25, -0.2) is 8.42 Å². The lowest BCUT2D eigenvalue weighted by molar-refractivity contribution is 0.550. The minimum absolute atomic E-state index is 0.0430. The van der Waals surface area contributed by atoms with Crippen LogP contribution in [-0.4, -0.2) is 41.2 Å². The van der Waals surface area contributed by atoms with Crippen LogP contribution in [0.2, 0.25) is 0 Å². The summed E-state index contributed by atoms with van der Waals surface area (Å²) in [4.78, 5) is 1.87. The lowest BCUT2D eigenvalue weighted by Gasteiger charge is -2.28. The second-order valence-electron chi connectivity index (χ2n) is 5.73. The maximum absolute atomic E-state index is 11.8. The second-order valence-corrected chi connectivity index (χ2v) is 7.48. The molecule has 0 atom stereocenters. The third-order valence-electron chi connectivity index (χ3n) is 3.99. The van der Waals surface area contributed by atoms with Crippen molar-refractivity contribution in [3.05, 3.63) is 72.2 Å². The number of hydrogen-bond donors (Lipinski definition) is 0. The number of amidine groups is 1. The Kier molecular flexibility index (Phi) is 3.57. The molecule has 0 saturated heterocycles. The van der Waals surface area contributed by atoms with E-state index < -0.39 is 10.0 Å².